The van der Waals surface area contributed by atoms with E-state index in [1.165, 1.54) is 0 Å². The van der Waals surface area contributed by atoms with E-state index in [2.05, 4.69) is 15.5 Å². The van der Waals surface area contributed by atoms with Gasteiger partial charge in [-0.1, -0.05) is 0 Å². The first-order valence-electron chi connectivity index (χ1n) is 7.70. The average Bonchev–Trinajstić information content (AvgIpc) is 3.02. The van der Waals surface area contributed by atoms with Gasteiger partial charge in [-0.3, -0.25) is 9.69 Å². The van der Waals surface area contributed by atoms with E-state index in [0.717, 1.165) is 49.5 Å². The van der Waals surface area contributed by atoms with Gasteiger partial charge in [-0.2, -0.15) is 0 Å². The van der Waals surface area contributed by atoms with Crippen molar-refractivity contribution >= 4 is 11.6 Å². The minimum Gasteiger partial charge on any atom is -0.494 e. The molecule has 0 saturated carbocycles. The van der Waals surface area contributed by atoms with E-state index < -0.39 is 0 Å². The fourth-order valence-corrected chi connectivity index (χ4v) is 3.29. The number of hydrogen-bond acceptors (Lipinski definition) is 4. The normalized spacial score (nSPS) is 24.8. The van der Waals surface area contributed by atoms with Crippen LogP contribution in [-0.4, -0.2) is 50.1 Å². The molecule has 3 rings (SSSR count). The molecule has 0 aromatic heterocycles. The minimum atomic E-state index is 0.0621. The van der Waals surface area contributed by atoms with E-state index in [4.69, 9.17) is 4.74 Å². The third kappa shape index (κ3) is 3.54. The Kier molecular flexibility index (Phi) is 4.41. The zero-order valence-electron chi connectivity index (χ0n) is 12.5. The molecule has 2 atom stereocenters. The van der Waals surface area contributed by atoms with Gasteiger partial charge < -0.3 is 15.4 Å². The number of benzene rings is 1. The zero-order chi connectivity index (χ0) is 14.7. The number of likely N-dealkylation sites (tertiary alicyclic amines) is 1. The van der Waals surface area contributed by atoms with Gasteiger partial charge in [0, 0.05) is 18.8 Å². The third-order valence-corrected chi connectivity index (χ3v) is 4.28. The van der Waals surface area contributed by atoms with Crippen molar-refractivity contribution in [3.63, 3.8) is 0 Å². The molecule has 0 radical (unpaired) electrons. The maximum Gasteiger partial charge on any atom is 0.238 e. The molecule has 1 aromatic carbocycles. The van der Waals surface area contributed by atoms with E-state index in [1.807, 2.05) is 31.2 Å². The molecule has 0 aliphatic carbocycles. The minimum absolute atomic E-state index is 0.0621. The highest BCUT2D eigenvalue weighted by atomic mass is 16.5. The predicted molar refractivity (Wildman–Crippen MR) is 82.5 cm³/mol. The topological polar surface area (TPSA) is 53.6 Å². The summed E-state index contributed by atoms with van der Waals surface area (Å²) in [7, 11) is 0. The Morgan fingerprint density at radius 1 is 1.29 bits per heavy atom. The van der Waals surface area contributed by atoms with Crippen molar-refractivity contribution in [3.8, 4) is 5.75 Å². The number of hydrogen-bond donors (Lipinski definition) is 2. The van der Waals surface area contributed by atoms with Crippen LogP contribution in [0.4, 0.5) is 5.69 Å². The van der Waals surface area contributed by atoms with Gasteiger partial charge in [0.2, 0.25) is 5.91 Å². The molecule has 5 heteroatoms. The molecule has 114 valence electrons. The summed E-state index contributed by atoms with van der Waals surface area (Å²) in [6.45, 7) is 7.36. The summed E-state index contributed by atoms with van der Waals surface area (Å²) < 4.78 is 5.39. The standard InChI is InChI=1S/C16H23N3O2/c1-2-21-15-5-3-14(4-6-15)18-16(20)11-19-9-12-7-17-8-13(12)10-19/h3-6,12-13,17H,2,7-11H2,1H3,(H,18,20)/t12-,13+. The fourth-order valence-electron chi connectivity index (χ4n) is 3.29. The Labute approximate surface area is 125 Å². The van der Waals surface area contributed by atoms with Gasteiger partial charge in [-0.25, -0.2) is 0 Å². The first-order chi connectivity index (χ1) is 10.2. The van der Waals surface area contributed by atoms with E-state index in [0.29, 0.717) is 13.2 Å². The molecule has 2 saturated heterocycles. The summed E-state index contributed by atoms with van der Waals surface area (Å²) in [5.41, 5.74) is 0.824. The van der Waals surface area contributed by atoms with Crippen LogP contribution in [0.5, 0.6) is 5.75 Å². The number of fused-ring (bicyclic) bond motifs is 1. The summed E-state index contributed by atoms with van der Waals surface area (Å²) in [5, 5.41) is 6.37. The Morgan fingerprint density at radius 3 is 2.57 bits per heavy atom. The van der Waals surface area contributed by atoms with Gasteiger partial charge in [-0.05, 0) is 56.1 Å². The zero-order valence-corrected chi connectivity index (χ0v) is 12.5. The second-order valence-corrected chi connectivity index (χ2v) is 5.88. The number of carbonyl (C=O) groups is 1. The SMILES string of the molecule is CCOc1ccc(NC(=O)CN2C[C@H]3CNC[C@H]3C2)cc1. The van der Waals surface area contributed by atoms with Gasteiger partial charge >= 0.3 is 0 Å². The highest BCUT2D eigenvalue weighted by Crippen LogP contribution is 2.26. The molecule has 0 unspecified atom stereocenters. The summed E-state index contributed by atoms with van der Waals surface area (Å²) in [4.78, 5) is 14.4. The number of nitrogens with one attached hydrogen (secondary N) is 2. The summed E-state index contributed by atoms with van der Waals surface area (Å²) in [6.07, 6.45) is 0. The molecule has 2 N–H and O–H groups in total. The molecule has 21 heavy (non-hydrogen) atoms. The molecule has 2 aliphatic heterocycles. The molecular weight excluding hydrogens is 266 g/mol. The molecule has 1 amide bonds. The first kappa shape index (κ1) is 14.4. The molecule has 0 bridgehead atoms. The molecule has 2 heterocycles. The van der Waals surface area contributed by atoms with Crippen LogP contribution in [-0.2, 0) is 4.79 Å². The van der Waals surface area contributed by atoms with Gasteiger partial charge in [0.25, 0.3) is 0 Å². The Bertz CT molecular complexity index is 477. The summed E-state index contributed by atoms with van der Waals surface area (Å²) >= 11 is 0. The fraction of sp³-hybridized carbons (Fsp3) is 0.562. The highest BCUT2D eigenvalue weighted by Gasteiger charge is 2.36. The van der Waals surface area contributed by atoms with Gasteiger partial charge in [0.1, 0.15) is 5.75 Å². The van der Waals surface area contributed by atoms with Crippen molar-refractivity contribution in [2.24, 2.45) is 11.8 Å². The van der Waals surface area contributed by atoms with Crippen LogP contribution in [0.25, 0.3) is 0 Å². The van der Waals surface area contributed by atoms with Crippen LogP contribution < -0.4 is 15.4 Å². The van der Waals surface area contributed by atoms with E-state index in [1.54, 1.807) is 0 Å². The summed E-state index contributed by atoms with van der Waals surface area (Å²) in [6, 6.07) is 7.52. The Balaban J connectivity index is 1.47. The lowest BCUT2D eigenvalue weighted by Crippen LogP contribution is -2.33. The van der Waals surface area contributed by atoms with E-state index in [-0.39, 0.29) is 5.91 Å². The lowest BCUT2D eigenvalue weighted by atomic mass is 10.0. The van der Waals surface area contributed by atoms with Crippen molar-refractivity contribution in [1.82, 2.24) is 10.2 Å². The Hall–Kier alpha value is -1.59. The molecule has 1 aromatic rings. The van der Waals surface area contributed by atoms with Gasteiger partial charge in [-0.15, -0.1) is 0 Å². The molecule has 0 spiro atoms. The van der Waals surface area contributed by atoms with Gasteiger partial charge in [0.05, 0.1) is 13.2 Å². The van der Waals surface area contributed by atoms with E-state index in [9.17, 15) is 4.79 Å². The summed E-state index contributed by atoms with van der Waals surface area (Å²) in [5.74, 6) is 2.34. The van der Waals surface area contributed by atoms with Crippen LogP contribution in [0.3, 0.4) is 0 Å². The quantitative estimate of drug-likeness (QED) is 0.854. The van der Waals surface area contributed by atoms with Crippen LogP contribution in [0.2, 0.25) is 0 Å². The number of anilines is 1. The van der Waals surface area contributed by atoms with Crippen LogP contribution in [0.1, 0.15) is 6.92 Å². The number of ether oxygens (including phenoxy) is 1. The number of nitrogens with zero attached hydrogens (tertiary/aromatic N) is 1. The lowest BCUT2D eigenvalue weighted by molar-refractivity contribution is -0.117. The van der Waals surface area contributed by atoms with Crippen molar-refractivity contribution < 1.29 is 9.53 Å². The van der Waals surface area contributed by atoms with E-state index >= 15 is 0 Å². The van der Waals surface area contributed by atoms with Crippen molar-refractivity contribution in [2.45, 2.75) is 6.92 Å². The number of rotatable bonds is 5. The first-order valence-corrected chi connectivity index (χ1v) is 7.70. The second kappa shape index (κ2) is 6.45. The largest absolute Gasteiger partial charge is 0.494 e. The van der Waals surface area contributed by atoms with Crippen molar-refractivity contribution in [2.75, 3.05) is 44.6 Å². The second-order valence-electron chi connectivity index (χ2n) is 5.88. The third-order valence-electron chi connectivity index (χ3n) is 4.28. The highest BCUT2D eigenvalue weighted by molar-refractivity contribution is 5.92. The molecule has 5 nitrogen and oxygen atoms in total. The average molecular weight is 289 g/mol. The van der Waals surface area contributed by atoms with Crippen LogP contribution in [0.15, 0.2) is 24.3 Å². The maximum atomic E-state index is 12.1. The Morgan fingerprint density at radius 2 is 1.95 bits per heavy atom. The molecular formula is C16H23N3O2. The maximum absolute atomic E-state index is 12.1. The van der Waals surface area contributed by atoms with Crippen LogP contribution in [0, 0.1) is 11.8 Å². The van der Waals surface area contributed by atoms with Crippen molar-refractivity contribution in [1.29, 1.82) is 0 Å². The van der Waals surface area contributed by atoms with Crippen molar-refractivity contribution in [3.05, 3.63) is 24.3 Å². The number of amides is 1. The smallest absolute Gasteiger partial charge is 0.238 e. The molecule has 2 aliphatic rings. The molecule has 2 fully saturated rings. The number of carbonyl (C=O) groups excluding carboxylic acids is 1. The monoisotopic (exact) mass is 289 g/mol. The predicted octanol–water partition coefficient (Wildman–Crippen LogP) is 1.17. The lowest BCUT2D eigenvalue weighted by Gasteiger charge is -2.16. The van der Waals surface area contributed by atoms with Gasteiger partial charge in [0.15, 0.2) is 0 Å². The van der Waals surface area contributed by atoms with Crippen LogP contribution >= 0.6 is 0 Å².